The quantitative estimate of drug-likeness (QED) is 0.183. The van der Waals surface area contributed by atoms with Crippen LogP contribution in [-0.2, 0) is 23.2 Å². The molecule has 0 aromatic heterocycles. The summed E-state index contributed by atoms with van der Waals surface area (Å²) in [6, 6.07) is 1.98. The Morgan fingerprint density at radius 1 is 0.774 bits per heavy atom. The van der Waals surface area contributed by atoms with Gasteiger partial charge in [0.2, 0.25) is 11.8 Å². The fourth-order valence-electron chi connectivity index (χ4n) is 3.10. The van der Waals surface area contributed by atoms with Gasteiger partial charge in [0, 0.05) is 13.1 Å². The van der Waals surface area contributed by atoms with E-state index in [-0.39, 0.29) is 25.0 Å². The third kappa shape index (κ3) is 18.8. The summed E-state index contributed by atoms with van der Waals surface area (Å²) in [7, 11) is -3.62. The van der Waals surface area contributed by atoms with E-state index in [1.54, 1.807) is 0 Å². The molecule has 9 heteroatoms. The zero-order valence-corrected chi connectivity index (χ0v) is 21.7. The van der Waals surface area contributed by atoms with Gasteiger partial charge < -0.3 is 24.2 Å². The first-order valence-electron chi connectivity index (χ1n) is 10.9. The molecule has 2 N–H and O–H groups in total. The molecule has 0 bridgehead atoms. The van der Waals surface area contributed by atoms with Gasteiger partial charge in [0.15, 0.2) is 16.6 Å². The highest BCUT2D eigenvalue weighted by Crippen LogP contribution is 2.23. The summed E-state index contributed by atoms with van der Waals surface area (Å²) in [4.78, 5) is 23.5. The summed E-state index contributed by atoms with van der Waals surface area (Å²) in [6.45, 7) is 11.4. The maximum atomic E-state index is 11.7. The van der Waals surface area contributed by atoms with Gasteiger partial charge in [-0.3, -0.25) is 9.59 Å². The third-order valence-corrected chi connectivity index (χ3v) is 12.0. The number of hydrogen-bond acceptors (Lipinski definition) is 5. The minimum absolute atomic E-state index is 0.0169. The zero-order chi connectivity index (χ0) is 23.6. The second-order valence-corrected chi connectivity index (χ2v) is 17.4. The average molecular weight is 469 g/mol. The van der Waals surface area contributed by atoms with Gasteiger partial charge in [-0.15, -0.1) is 12.8 Å². The van der Waals surface area contributed by atoms with Crippen LogP contribution in [-0.4, -0.2) is 68.0 Å². The molecule has 0 aliphatic heterocycles. The Bertz CT molecular complexity index is 560. The number of hydrogen-bond donors (Lipinski definition) is 2. The van der Waals surface area contributed by atoms with Crippen molar-refractivity contribution >= 4 is 28.4 Å². The van der Waals surface area contributed by atoms with Crippen molar-refractivity contribution in [3.05, 3.63) is 0 Å². The lowest BCUT2D eigenvalue weighted by atomic mass is 10.4. The smallest absolute Gasteiger partial charge is 0.222 e. The molecule has 0 aliphatic carbocycles. The van der Waals surface area contributed by atoms with E-state index in [0.29, 0.717) is 39.1 Å². The van der Waals surface area contributed by atoms with E-state index in [0.717, 1.165) is 24.9 Å². The molecule has 0 heterocycles. The van der Waals surface area contributed by atoms with E-state index in [1.165, 1.54) is 0 Å². The Morgan fingerprint density at radius 3 is 1.52 bits per heavy atom. The number of terminal acetylenes is 2. The van der Waals surface area contributed by atoms with Gasteiger partial charge in [-0.25, -0.2) is 0 Å². The fourth-order valence-corrected chi connectivity index (χ4v) is 12.0. The molecule has 0 aliphatic rings. The van der Waals surface area contributed by atoms with Crippen LogP contribution in [0.5, 0.6) is 0 Å². The van der Waals surface area contributed by atoms with Crippen molar-refractivity contribution in [2.24, 2.45) is 0 Å². The van der Waals surface area contributed by atoms with Gasteiger partial charge in [0.05, 0.1) is 26.1 Å². The van der Waals surface area contributed by atoms with Crippen LogP contribution < -0.4 is 10.6 Å². The minimum atomic E-state index is -1.81. The highest BCUT2D eigenvalue weighted by atomic mass is 28.4. The fraction of sp³-hybridized carbons (Fsp3) is 0.727. The number of carbonyl (C=O) groups excluding carboxylic acids is 2. The van der Waals surface area contributed by atoms with E-state index in [9.17, 15) is 9.59 Å². The summed E-state index contributed by atoms with van der Waals surface area (Å²) in [6.07, 6.45) is 12.6. The van der Waals surface area contributed by atoms with Gasteiger partial charge in [-0.1, -0.05) is 11.8 Å². The second kappa shape index (κ2) is 17.0. The van der Waals surface area contributed by atoms with Gasteiger partial charge in [-0.05, 0) is 51.1 Å². The maximum Gasteiger partial charge on any atom is 0.222 e. The lowest BCUT2D eigenvalue weighted by Crippen LogP contribution is -2.45. The minimum Gasteiger partial charge on any atom is -0.455 e. The first-order valence-corrected chi connectivity index (χ1v) is 17.1. The molecule has 0 saturated carbocycles. The first-order chi connectivity index (χ1) is 14.6. The number of nitrogens with one attached hydrogen (secondary N) is 2. The van der Waals surface area contributed by atoms with Crippen LogP contribution in [0, 0.1) is 24.7 Å². The highest BCUT2D eigenvalue weighted by molar-refractivity contribution is 6.84. The van der Waals surface area contributed by atoms with Crippen molar-refractivity contribution in [1.82, 2.24) is 10.6 Å². The summed E-state index contributed by atoms with van der Waals surface area (Å²) >= 11 is 0. The topological polar surface area (TPSA) is 85.9 Å². The molecule has 2 amide bonds. The molecule has 0 radical (unpaired) electrons. The van der Waals surface area contributed by atoms with Crippen molar-refractivity contribution < 1.29 is 23.2 Å². The van der Waals surface area contributed by atoms with Crippen LogP contribution in [0.3, 0.4) is 0 Å². The predicted octanol–water partition coefficient (Wildman–Crippen LogP) is 2.51. The van der Waals surface area contributed by atoms with Gasteiger partial charge in [0.25, 0.3) is 0 Å². The Balaban J connectivity index is 3.97. The Hall–Kier alpha value is -1.63. The third-order valence-electron chi connectivity index (χ3n) is 4.43. The monoisotopic (exact) mass is 468 g/mol. The molecule has 0 spiro atoms. The van der Waals surface area contributed by atoms with Crippen LogP contribution in [0.25, 0.3) is 0 Å². The molecule has 0 unspecified atom stereocenters. The normalized spacial score (nSPS) is 11.4. The number of rotatable bonds is 18. The van der Waals surface area contributed by atoms with Crippen LogP contribution in [0.1, 0.15) is 25.7 Å². The Kier molecular flexibility index (Phi) is 16.1. The van der Waals surface area contributed by atoms with Crippen LogP contribution in [0.4, 0.5) is 0 Å². The van der Waals surface area contributed by atoms with Crippen molar-refractivity contribution in [3.8, 4) is 24.7 Å². The van der Waals surface area contributed by atoms with E-state index < -0.39 is 16.6 Å². The molecular weight excluding hydrogens is 428 g/mol. The molecule has 0 atom stereocenters. The van der Waals surface area contributed by atoms with Crippen LogP contribution in [0.2, 0.25) is 38.3 Å². The lowest BCUT2D eigenvalue weighted by molar-refractivity contribution is -0.122. The van der Waals surface area contributed by atoms with Gasteiger partial charge in [-0.2, -0.15) is 0 Å². The number of amides is 2. The standard InChI is InChI=1S/C22H40N2O5Si2/c1-7-15-27-17-11-21(25)23-13-9-19-30(3,4)29-31(5,6)20-10-14-24-22(26)12-18-28-16-8-2/h1-2H,9-20H2,3-6H3,(H,23,25)(H,24,26). The molecule has 0 fully saturated rings. The predicted molar refractivity (Wildman–Crippen MR) is 129 cm³/mol. The van der Waals surface area contributed by atoms with Crippen molar-refractivity contribution in [1.29, 1.82) is 0 Å². The Labute approximate surface area is 190 Å². The SMILES string of the molecule is C#CCOCCC(=O)NCCC[Si](C)(C)O[Si](C)(C)CCCNC(=O)CCOCC#C. The largest absolute Gasteiger partial charge is 0.455 e. The van der Waals surface area contributed by atoms with E-state index in [1.807, 2.05) is 0 Å². The second-order valence-electron chi connectivity index (χ2n) is 8.54. The van der Waals surface area contributed by atoms with Crippen molar-refractivity contribution in [3.63, 3.8) is 0 Å². The molecule has 176 valence electrons. The average Bonchev–Trinajstić information content (AvgIpc) is 2.68. The van der Waals surface area contributed by atoms with Crippen LogP contribution in [0.15, 0.2) is 0 Å². The molecule has 7 nitrogen and oxygen atoms in total. The van der Waals surface area contributed by atoms with Crippen molar-refractivity contribution in [2.75, 3.05) is 39.5 Å². The molecular formula is C22H40N2O5Si2. The molecule has 0 aromatic rings. The number of ether oxygens (including phenoxy) is 2. The lowest BCUT2D eigenvalue weighted by Gasteiger charge is -2.34. The summed E-state index contributed by atoms with van der Waals surface area (Å²) in [5, 5.41) is 5.84. The van der Waals surface area contributed by atoms with Gasteiger partial charge in [0.1, 0.15) is 13.2 Å². The molecule has 0 saturated heterocycles. The highest BCUT2D eigenvalue weighted by Gasteiger charge is 2.32. The molecule has 0 aromatic carbocycles. The molecule has 31 heavy (non-hydrogen) atoms. The van der Waals surface area contributed by atoms with E-state index in [2.05, 4.69) is 48.7 Å². The van der Waals surface area contributed by atoms with Crippen molar-refractivity contribution in [2.45, 2.75) is 64.0 Å². The van der Waals surface area contributed by atoms with E-state index in [4.69, 9.17) is 26.4 Å². The maximum absolute atomic E-state index is 11.7. The van der Waals surface area contributed by atoms with Crippen LogP contribution >= 0.6 is 0 Å². The summed E-state index contributed by atoms with van der Waals surface area (Å²) in [5.74, 6) is 4.71. The number of carbonyl (C=O) groups is 2. The van der Waals surface area contributed by atoms with Gasteiger partial charge >= 0.3 is 0 Å². The summed E-state index contributed by atoms with van der Waals surface area (Å²) < 4.78 is 16.8. The first kappa shape index (κ1) is 29.4. The Morgan fingerprint density at radius 2 is 1.16 bits per heavy atom. The summed E-state index contributed by atoms with van der Waals surface area (Å²) in [5.41, 5.74) is 0. The van der Waals surface area contributed by atoms with E-state index >= 15 is 0 Å². The molecule has 0 rings (SSSR count). The zero-order valence-electron chi connectivity index (χ0n) is 19.7.